The molecule has 2 N–H and O–H groups in total. The molecule has 152 valence electrons. The van der Waals surface area contributed by atoms with Crippen LogP contribution < -0.4 is 14.9 Å². The molecule has 0 radical (unpaired) electrons. The molecule has 1 saturated heterocycles. The van der Waals surface area contributed by atoms with Gasteiger partial charge >= 0.3 is 0 Å². The molecule has 9 heteroatoms. The van der Waals surface area contributed by atoms with E-state index >= 15 is 0 Å². The molecule has 1 aromatic heterocycles. The van der Waals surface area contributed by atoms with Gasteiger partial charge in [0, 0.05) is 37.9 Å². The van der Waals surface area contributed by atoms with Crippen molar-refractivity contribution >= 4 is 21.8 Å². The van der Waals surface area contributed by atoms with Crippen LogP contribution in [0.1, 0.15) is 16.8 Å². The molecule has 0 aliphatic carbocycles. The Labute approximate surface area is 166 Å². The van der Waals surface area contributed by atoms with E-state index in [-0.39, 0.29) is 11.4 Å². The van der Waals surface area contributed by atoms with Crippen molar-refractivity contribution in [3.05, 3.63) is 41.1 Å². The van der Waals surface area contributed by atoms with Gasteiger partial charge in [-0.1, -0.05) is 6.07 Å². The highest BCUT2D eigenvalue weighted by Gasteiger charge is 2.15. The summed E-state index contributed by atoms with van der Waals surface area (Å²) < 4.78 is 32.9. The minimum absolute atomic E-state index is 0.236. The average molecular weight is 406 g/mol. The number of sulfonamides is 1. The second-order valence-electron chi connectivity index (χ2n) is 6.86. The third-order valence-corrected chi connectivity index (χ3v) is 6.12. The molecule has 1 aliphatic heterocycles. The highest BCUT2D eigenvalue weighted by molar-refractivity contribution is 7.89. The van der Waals surface area contributed by atoms with E-state index in [1.165, 1.54) is 0 Å². The molecule has 28 heavy (non-hydrogen) atoms. The van der Waals surface area contributed by atoms with E-state index in [1.807, 2.05) is 32.9 Å². The predicted molar refractivity (Wildman–Crippen MR) is 109 cm³/mol. The summed E-state index contributed by atoms with van der Waals surface area (Å²) in [6.07, 6.45) is 0. The van der Waals surface area contributed by atoms with Gasteiger partial charge in [0.1, 0.15) is 5.82 Å². The lowest BCUT2D eigenvalue weighted by atomic mass is 10.1. The van der Waals surface area contributed by atoms with Crippen LogP contribution in [0.3, 0.4) is 0 Å². The van der Waals surface area contributed by atoms with Gasteiger partial charge < -0.3 is 15.0 Å². The number of aromatic nitrogens is 2. The zero-order valence-electron chi connectivity index (χ0n) is 16.5. The summed E-state index contributed by atoms with van der Waals surface area (Å²) in [6.45, 7) is 9.36. The van der Waals surface area contributed by atoms with Crippen molar-refractivity contribution in [2.45, 2.75) is 25.7 Å². The number of anilines is 2. The first-order valence-electron chi connectivity index (χ1n) is 9.34. The topological polar surface area (TPSA) is 96.5 Å². The van der Waals surface area contributed by atoms with Gasteiger partial charge in [-0.25, -0.2) is 18.1 Å². The number of hydrogen-bond acceptors (Lipinski definition) is 7. The predicted octanol–water partition coefficient (Wildman–Crippen LogP) is 1.63. The minimum Gasteiger partial charge on any atom is -0.378 e. The Balaban J connectivity index is 1.57. The van der Waals surface area contributed by atoms with E-state index < -0.39 is 10.0 Å². The minimum atomic E-state index is -3.54. The van der Waals surface area contributed by atoms with Gasteiger partial charge in [0.15, 0.2) is 0 Å². The van der Waals surface area contributed by atoms with Crippen LogP contribution in [-0.2, 0) is 14.8 Å². The largest absolute Gasteiger partial charge is 0.378 e. The lowest BCUT2D eigenvalue weighted by molar-refractivity contribution is 0.122. The van der Waals surface area contributed by atoms with E-state index in [2.05, 4.69) is 24.9 Å². The SMILES string of the molecule is Cc1cc(N2CCOCC2)nc(NCCNS(=O)(=O)c2ccc(C)c(C)c2)n1. The number of ether oxygens (including phenoxy) is 1. The van der Waals surface area contributed by atoms with Crippen LogP contribution in [0.15, 0.2) is 29.2 Å². The average Bonchev–Trinajstić information content (AvgIpc) is 2.67. The zero-order valence-corrected chi connectivity index (χ0v) is 17.3. The molecule has 1 fully saturated rings. The fourth-order valence-electron chi connectivity index (χ4n) is 2.91. The van der Waals surface area contributed by atoms with Crippen LogP contribution in [0.25, 0.3) is 0 Å². The Morgan fingerprint density at radius 3 is 2.50 bits per heavy atom. The van der Waals surface area contributed by atoms with Crippen LogP contribution in [0.2, 0.25) is 0 Å². The van der Waals surface area contributed by atoms with Gasteiger partial charge in [-0.05, 0) is 44.0 Å². The molecule has 1 aliphatic rings. The van der Waals surface area contributed by atoms with Crippen LogP contribution in [0.4, 0.5) is 11.8 Å². The molecule has 1 aromatic carbocycles. The van der Waals surface area contributed by atoms with Gasteiger partial charge in [-0.3, -0.25) is 0 Å². The summed E-state index contributed by atoms with van der Waals surface area (Å²) in [6, 6.07) is 7.06. The number of benzene rings is 1. The number of nitrogens with one attached hydrogen (secondary N) is 2. The van der Waals surface area contributed by atoms with Crippen molar-refractivity contribution < 1.29 is 13.2 Å². The van der Waals surface area contributed by atoms with E-state index in [0.717, 1.165) is 35.7 Å². The quantitative estimate of drug-likeness (QED) is 0.676. The fourth-order valence-corrected chi connectivity index (χ4v) is 4.03. The Morgan fingerprint density at radius 1 is 1.04 bits per heavy atom. The summed E-state index contributed by atoms with van der Waals surface area (Å²) in [5, 5.41) is 3.10. The van der Waals surface area contributed by atoms with Gasteiger partial charge in [0.05, 0.1) is 18.1 Å². The lowest BCUT2D eigenvalue weighted by Gasteiger charge is -2.28. The summed E-state index contributed by atoms with van der Waals surface area (Å²) >= 11 is 0. The molecule has 0 spiro atoms. The molecule has 2 aromatic rings. The molecule has 0 unspecified atom stereocenters. The monoisotopic (exact) mass is 405 g/mol. The van der Waals surface area contributed by atoms with Gasteiger partial charge in [-0.2, -0.15) is 4.98 Å². The van der Waals surface area contributed by atoms with Crippen molar-refractivity contribution in [1.82, 2.24) is 14.7 Å². The van der Waals surface area contributed by atoms with Crippen molar-refractivity contribution in [2.24, 2.45) is 0 Å². The Hall–Kier alpha value is -2.23. The maximum atomic E-state index is 12.4. The second kappa shape index (κ2) is 8.85. The highest BCUT2D eigenvalue weighted by atomic mass is 32.2. The van der Waals surface area contributed by atoms with Crippen molar-refractivity contribution in [2.75, 3.05) is 49.6 Å². The van der Waals surface area contributed by atoms with Gasteiger partial charge in [-0.15, -0.1) is 0 Å². The molecule has 0 saturated carbocycles. The van der Waals surface area contributed by atoms with E-state index in [9.17, 15) is 8.42 Å². The molecule has 8 nitrogen and oxygen atoms in total. The first-order valence-corrected chi connectivity index (χ1v) is 10.8. The first kappa shape index (κ1) is 20.5. The van der Waals surface area contributed by atoms with Gasteiger partial charge in [0.25, 0.3) is 0 Å². The number of morpholine rings is 1. The molecule has 2 heterocycles. The standard InChI is InChI=1S/C19H27N5O3S/c1-14-4-5-17(12-15(14)2)28(25,26)21-7-6-20-19-22-16(3)13-18(23-19)24-8-10-27-11-9-24/h4-5,12-13,21H,6-11H2,1-3H3,(H,20,22,23). The molecule has 0 amide bonds. The van der Waals surface area contributed by atoms with E-state index in [4.69, 9.17) is 4.74 Å². The molecular formula is C19H27N5O3S. The summed E-state index contributed by atoms with van der Waals surface area (Å²) in [7, 11) is -3.54. The van der Waals surface area contributed by atoms with Crippen LogP contribution in [-0.4, -0.2) is 57.8 Å². The number of hydrogen-bond donors (Lipinski definition) is 2. The summed E-state index contributed by atoms with van der Waals surface area (Å²) in [4.78, 5) is 11.4. The third-order valence-electron chi connectivity index (χ3n) is 4.66. The zero-order chi connectivity index (χ0) is 20.1. The highest BCUT2D eigenvalue weighted by Crippen LogP contribution is 2.16. The smallest absolute Gasteiger partial charge is 0.240 e. The van der Waals surface area contributed by atoms with Gasteiger partial charge in [0.2, 0.25) is 16.0 Å². The lowest BCUT2D eigenvalue weighted by Crippen LogP contribution is -2.37. The Kier molecular flexibility index (Phi) is 6.48. The van der Waals surface area contributed by atoms with Crippen molar-refractivity contribution in [1.29, 1.82) is 0 Å². The van der Waals surface area contributed by atoms with Crippen LogP contribution in [0.5, 0.6) is 0 Å². The number of nitrogens with zero attached hydrogens (tertiary/aromatic N) is 3. The second-order valence-corrected chi connectivity index (χ2v) is 8.63. The van der Waals surface area contributed by atoms with Crippen molar-refractivity contribution in [3.63, 3.8) is 0 Å². The van der Waals surface area contributed by atoms with E-state index in [1.54, 1.807) is 12.1 Å². The van der Waals surface area contributed by atoms with Crippen LogP contribution >= 0.6 is 0 Å². The number of aryl methyl sites for hydroxylation is 3. The normalized spacial score (nSPS) is 14.9. The number of rotatable bonds is 7. The maximum Gasteiger partial charge on any atom is 0.240 e. The first-order chi connectivity index (χ1) is 13.3. The molecular weight excluding hydrogens is 378 g/mol. The summed E-state index contributed by atoms with van der Waals surface area (Å²) in [5.74, 6) is 1.35. The Bertz CT molecular complexity index is 927. The molecule has 3 rings (SSSR count). The van der Waals surface area contributed by atoms with E-state index in [0.29, 0.717) is 25.7 Å². The fraction of sp³-hybridized carbons (Fsp3) is 0.474. The maximum absolute atomic E-state index is 12.4. The third kappa shape index (κ3) is 5.18. The van der Waals surface area contributed by atoms with Crippen LogP contribution in [0, 0.1) is 20.8 Å². The van der Waals surface area contributed by atoms with Crippen molar-refractivity contribution in [3.8, 4) is 0 Å². The summed E-state index contributed by atoms with van der Waals surface area (Å²) in [5.41, 5.74) is 2.87. The molecule has 0 atom stereocenters. The molecule has 0 bridgehead atoms. The Morgan fingerprint density at radius 2 is 1.79 bits per heavy atom.